The lowest BCUT2D eigenvalue weighted by Gasteiger charge is -2.15. The number of pyridine rings is 1. The molecule has 0 spiro atoms. The Hall–Kier alpha value is -2.19. The third kappa shape index (κ3) is 2.71. The Bertz CT molecular complexity index is 975. The number of hydrogen-bond acceptors (Lipinski definition) is 4. The van der Waals surface area contributed by atoms with Crippen molar-refractivity contribution in [2.75, 3.05) is 13.1 Å². The molecule has 0 bridgehead atoms. The van der Waals surface area contributed by atoms with Gasteiger partial charge in [0.25, 0.3) is 0 Å². The Balaban J connectivity index is 1.48. The number of fused-ring (bicyclic) bond motifs is 1. The summed E-state index contributed by atoms with van der Waals surface area (Å²) in [5, 5.41) is 5.05. The van der Waals surface area contributed by atoms with E-state index in [0.717, 1.165) is 29.4 Å². The highest BCUT2D eigenvalue weighted by Crippen LogP contribution is 2.27. The fourth-order valence-electron chi connectivity index (χ4n) is 3.29. The van der Waals surface area contributed by atoms with Crippen LogP contribution in [0.5, 0.6) is 0 Å². The van der Waals surface area contributed by atoms with Crippen molar-refractivity contribution < 1.29 is 8.42 Å². The van der Waals surface area contributed by atoms with Gasteiger partial charge in [-0.3, -0.25) is 4.68 Å². The molecule has 8 heteroatoms. The van der Waals surface area contributed by atoms with Gasteiger partial charge in [0.15, 0.2) is 0 Å². The monoisotopic (exact) mass is 345 g/mol. The van der Waals surface area contributed by atoms with Gasteiger partial charge < -0.3 is 4.98 Å². The maximum absolute atomic E-state index is 12.6. The van der Waals surface area contributed by atoms with Gasteiger partial charge in [0, 0.05) is 44.1 Å². The minimum absolute atomic E-state index is 0.265. The average Bonchev–Trinajstić information content (AvgIpc) is 3.27. The Morgan fingerprint density at radius 1 is 1.38 bits per heavy atom. The van der Waals surface area contributed by atoms with Crippen LogP contribution in [0.1, 0.15) is 12.0 Å². The van der Waals surface area contributed by atoms with E-state index in [2.05, 4.69) is 21.1 Å². The zero-order valence-electron chi connectivity index (χ0n) is 13.4. The molecule has 3 aromatic rings. The molecular formula is C16H19N5O2S. The molecular weight excluding hydrogens is 326 g/mol. The summed E-state index contributed by atoms with van der Waals surface area (Å²) in [4.78, 5) is 7.75. The molecule has 0 aliphatic carbocycles. The molecule has 4 rings (SSSR count). The summed E-state index contributed by atoms with van der Waals surface area (Å²) in [7, 11) is -1.72. The smallest absolute Gasteiger partial charge is 0.246 e. The lowest BCUT2D eigenvalue weighted by Crippen LogP contribution is -2.28. The van der Waals surface area contributed by atoms with Crippen LogP contribution >= 0.6 is 0 Å². The fourth-order valence-corrected chi connectivity index (χ4v) is 4.81. The van der Waals surface area contributed by atoms with E-state index in [1.807, 2.05) is 18.5 Å². The van der Waals surface area contributed by atoms with Crippen LogP contribution in [0.4, 0.5) is 0 Å². The van der Waals surface area contributed by atoms with Crippen molar-refractivity contribution in [1.82, 2.24) is 24.1 Å². The standard InChI is InChI=1S/C16H19N5O2S/c1-20-11-15(9-19-20)24(22,23)21-5-3-12(10-21)6-13-7-14-2-4-17-16(14)18-8-13/h2,4,7-9,11-12H,3,5-6,10H2,1H3,(H,17,18)/t12-/m0/s1. The van der Waals surface area contributed by atoms with Gasteiger partial charge in [-0.05, 0) is 36.5 Å². The van der Waals surface area contributed by atoms with Gasteiger partial charge >= 0.3 is 0 Å². The zero-order valence-corrected chi connectivity index (χ0v) is 14.2. The van der Waals surface area contributed by atoms with Gasteiger partial charge in [-0.15, -0.1) is 0 Å². The Labute approximate surface area is 140 Å². The van der Waals surface area contributed by atoms with Gasteiger partial charge in [-0.25, -0.2) is 13.4 Å². The number of nitrogens with one attached hydrogen (secondary N) is 1. The SMILES string of the molecule is Cn1cc(S(=O)(=O)N2CC[C@@H](Cc3cnc4[nH]ccc4c3)C2)cn1. The minimum Gasteiger partial charge on any atom is -0.346 e. The van der Waals surface area contributed by atoms with E-state index < -0.39 is 10.0 Å². The van der Waals surface area contributed by atoms with Crippen LogP contribution < -0.4 is 0 Å². The van der Waals surface area contributed by atoms with Crippen molar-refractivity contribution in [1.29, 1.82) is 0 Å². The second kappa shape index (κ2) is 5.71. The molecule has 0 radical (unpaired) electrons. The summed E-state index contributed by atoms with van der Waals surface area (Å²) in [6.07, 6.45) is 8.41. The highest BCUT2D eigenvalue weighted by molar-refractivity contribution is 7.89. The van der Waals surface area contributed by atoms with Crippen molar-refractivity contribution >= 4 is 21.1 Å². The van der Waals surface area contributed by atoms with Crippen LogP contribution in [-0.4, -0.2) is 45.6 Å². The van der Waals surface area contributed by atoms with E-state index in [4.69, 9.17) is 0 Å². The number of aromatic nitrogens is 4. The zero-order chi connectivity index (χ0) is 16.7. The second-order valence-electron chi connectivity index (χ2n) is 6.33. The number of rotatable bonds is 4. The molecule has 1 saturated heterocycles. The van der Waals surface area contributed by atoms with Crippen LogP contribution in [0.25, 0.3) is 11.0 Å². The number of H-pyrrole nitrogens is 1. The lowest BCUT2D eigenvalue weighted by atomic mass is 9.99. The van der Waals surface area contributed by atoms with Crippen LogP contribution in [0, 0.1) is 5.92 Å². The quantitative estimate of drug-likeness (QED) is 0.777. The normalized spacial score (nSPS) is 19.3. The van der Waals surface area contributed by atoms with Gasteiger partial charge in [0.2, 0.25) is 10.0 Å². The summed E-state index contributed by atoms with van der Waals surface area (Å²) in [6.45, 7) is 1.10. The van der Waals surface area contributed by atoms with Crippen molar-refractivity contribution in [2.45, 2.75) is 17.7 Å². The van der Waals surface area contributed by atoms with Crippen LogP contribution in [0.15, 0.2) is 41.8 Å². The fraction of sp³-hybridized carbons (Fsp3) is 0.375. The first-order valence-corrected chi connectivity index (χ1v) is 9.37. The minimum atomic E-state index is -3.44. The van der Waals surface area contributed by atoms with Crippen molar-refractivity contribution in [3.05, 3.63) is 42.5 Å². The summed E-state index contributed by atoms with van der Waals surface area (Å²) < 4.78 is 28.4. The molecule has 4 heterocycles. The maximum Gasteiger partial charge on any atom is 0.246 e. The predicted octanol–water partition coefficient (Wildman–Crippen LogP) is 1.55. The molecule has 7 nitrogen and oxygen atoms in total. The third-order valence-corrected chi connectivity index (χ3v) is 6.37. The molecule has 126 valence electrons. The summed E-state index contributed by atoms with van der Waals surface area (Å²) in [5.41, 5.74) is 2.03. The summed E-state index contributed by atoms with van der Waals surface area (Å²) in [5.74, 6) is 0.314. The Kier molecular flexibility index (Phi) is 3.65. The van der Waals surface area contributed by atoms with Crippen LogP contribution in [0.2, 0.25) is 0 Å². The molecule has 1 fully saturated rings. The molecule has 1 aliphatic heterocycles. The Morgan fingerprint density at radius 2 is 2.25 bits per heavy atom. The van der Waals surface area contributed by atoms with E-state index in [9.17, 15) is 8.42 Å². The molecule has 3 aromatic heterocycles. The van der Waals surface area contributed by atoms with E-state index in [1.54, 1.807) is 17.5 Å². The van der Waals surface area contributed by atoms with E-state index in [1.165, 1.54) is 10.9 Å². The largest absolute Gasteiger partial charge is 0.346 e. The van der Waals surface area contributed by atoms with Crippen LogP contribution in [-0.2, 0) is 23.5 Å². The highest BCUT2D eigenvalue weighted by Gasteiger charge is 2.33. The molecule has 0 aromatic carbocycles. The molecule has 1 aliphatic rings. The second-order valence-corrected chi connectivity index (χ2v) is 8.27. The molecule has 0 amide bonds. The number of sulfonamides is 1. The van der Waals surface area contributed by atoms with Crippen molar-refractivity contribution in [2.24, 2.45) is 13.0 Å². The summed E-state index contributed by atoms with van der Waals surface area (Å²) in [6, 6.07) is 4.12. The molecule has 24 heavy (non-hydrogen) atoms. The van der Waals surface area contributed by atoms with Crippen LogP contribution in [0.3, 0.4) is 0 Å². The molecule has 0 saturated carbocycles. The molecule has 0 unspecified atom stereocenters. The van der Waals surface area contributed by atoms with Gasteiger partial charge in [-0.1, -0.05) is 0 Å². The first kappa shape index (κ1) is 15.3. The maximum atomic E-state index is 12.6. The number of aryl methyl sites for hydroxylation is 1. The van der Waals surface area contributed by atoms with Crippen molar-refractivity contribution in [3.8, 4) is 0 Å². The van der Waals surface area contributed by atoms with Crippen molar-refractivity contribution in [3.63, 3.8) is 0 Å². The first-order chi connectivity index (χ1) is 11.5. The average molecular weight is 345 g/mol. The number of aromatic amines is 1. The number of nitrogens with zero attached hydrogens (tertiary/aromatic N) is 4. The van der Waals surface area contributed by atoms with E-state index in [0.29, 0.717) is 19.0 Å². The lowest BCUT2D eigenvalue weighted by molar-refractivity contribution is 0.456. The third-order valence-electron chi connectivity index (χ3n) is 4.55. The van der Waals surface area contributed by atoms with Gasteiger partial charge in [-0.2, -0.15) is 9.40 Å². The molecule has 1 atom stereocenters. The van der Waals surface area contributed by atoms with Gasteiger partial charge in [0.1, 0.15) is 10.5 Å². The summed E-state index contributed by atoms with van der Waals surface area (Å²) >= 11 is 0. The highest BCUT2D eigenvalue weighted by atomic mass is 32.2. The predicted molar refractivity (Wildman–Crippen MR) is 89.9 cm³/mol. The molecule has 1 N–H and O–H groups in total. The van der Waals surface area contributed by atoms with E-state index >= 15 is 0 Å². The first-order valence-electron chi connectivity index (χ1n) is 7.93. The Morgan fingerprint density at radius 3 is 3.04 bits per heavy atom. The number of hydrogen-bond donors (Lipinski definition) is 1. The topological polar surface area (TPSA) is 83.9 Å². The van der Waals surface area contributed by atoms with Gasteiger partial charge in [0.05, 0.1) is 6.20 Å². The van der Waals surface area contributed by atoms with E-state index in [-0.39, 0.29) is 4.90 Å².